The van der Waals surface area contributed by atoms with Crippen LogP contribution >= 0.6 is 0 Å². The molecule has 3 nitrogen and oxygen atoms in total. The van der Waals surface area contributed by atoms with E-state index in [4.69, 9.17) is 0 Å². The molecule has 3 atom stereocenters. The molecule has 0 radical (unpaired) electrons. The van der Waals surface area contributed by atoms with Crippen molar-refractivity contribution in [3.8, 4) is 0 Å². The van der Waals surface area contributed by atoms with Crippen LogP contribution in [0.25, 0.3) is 0 Å². The summed E-state index contributed by atoms with van der Waals surface area (Å²) >= 11 is 0. The van der Waals surface area contributed by atoms with Crippen LogP contribution in [0.4, 0.5) is 8.78 Å². The molecule has 1 N–H and O–H groups in total. The second-order valence-electron chi connectivity index (χ2n) is 7.93. The normalized spacial score (nSPS) is 32.2. The van der Waals surface area contributed by atoms with Gasteiger partial charge in [0.25, 0.3) is 0 Å². The number of benzene rings is 1. The molecule has 1 aliphatic carbocycles. The first-order chi connectivity index (χ1) is 12.1. The molecule has 1 spiro atoms. The zero-order valence-corrected chi connectivity index (χ0v) is 14.6. The van der Waals surface area contributed by atoms with Crippen molar-refractivity contribution in [1.82, 2.24) is 10.2 Å². The summed E-state index contributed by atoms with van der Waals surface area (Å²) in [5.74, 6) is -0.127. The Morgan fingerprint density at radius 3 is 2.92 bits per heavy atom. The van der Waals surface area contributed by atoms with E-state index in [2.05, 4.69) is 10.2 Å². The number of hydrogen-bond acceptors (Lipinski definition) is 2. The summed E-state index contributed by atoms with van der Waals surface area (Å²) in [4.78, 5) is 14.6. The lowest BCUT2D eigenvalue weighted by molar-refractivity contribution is -0.137. The molecular formula is C20H26F2N2O. The van der Waals surface area contributed by atoms with Crippen molar-refractivity contribution in [3.05, 3.63) is 35.4 Å². The van der Waals surface area contributed by atoms with Gasteiger partial charge in [0, 0.05) is 42.7 Å². The van der Waals surface area contributed by atoms with Crippen molar-refractivity contribution >= 4 is 5.91 Å². The highest BCUT2D eigenvalue weighted by Gasteiger charge is 2.52. The van der Waals surface area contributed by atoms with Crippen LogP contribution in [0.5, 0.6) is 0 Å². The minimum Gasteiger partial charge on any atom is -0.337 e. The fourth-order valence-electron chi connectivity index (χ4n) is 5.39. The lowest BCUT2D eigenvalue weighted by Crippen LogP contribution is -2.55. The maximum absolute atomic E-state index is 13.8. The molecule has 5 heteroatoms. The standard InChI is InChI=1S/C20H26F2N2O/c21-16-6-5-14(18(22)12-16)13-23-17-7-9-20-8-2-10-24(20)19(25)4-1-3-15(20)11-17/h5-6,12,15,17,23H,1-4,7-11,13H2/t15-,17+,20+/m0/s1. The maximum atomic E-state index is 13.8. The average Bonchev–Trinajstić information content (AvgIpc) is 2.95. The third-order valence-corrected chi connectivity index (χ3v) is 6.62. The molecule has 136 valence electrons. The Bertz CT molecular complexity index is 665. The van der Waals surface area contributed by atoms with Crippen LogP contribution in [0.2, 0.25) is 0 Å². The lowest BCUT2D eigenvalue weighted by atomic mass is 9.68. The highest BCUT2D eigenvalue weighted by molar-refractivity contribution is 5.78. The molecule has 1 amide bonds. The van der Waals surface area contributed by atoms with Crippen molar-refractivity contribution < 1.29 is 13.6 Å². The summed E-state index contributed by atoms with van der Waals surface area (Å²) in [6.45, 7) is 1.35. The summed E-state index contributed by atoms with van der Waals surface area (Å²) in [5, 5.41) is 3.47. The van der Waals surface area contributed by atoms with E-state index in [0.717, 1.165) is 57.6 Å². The fourth-order valence-corrected chi connectivity index (χ4v) is 5.39. The van der Waals surface area contributed by atoms with Gasteiger partial charge in [0.05, 0.1) is 0 Å². The van der Waals surface area contributed by atoms with Gasteiger partial charge in [-0.2, -0.15) is 0 Å². The number of nitrogens with zero attached hydrogens (tertiary/aromatic N) is 1. The van der Waals surface area contributed by atoms with Gasteiger partial charge in [0.2, 0.25) is 5.91 Å². The van der Waals surface area contributed by atoms with E-state index >= 15 is 0 Å². The molecule has 3 aliphatic rings. The van der Waals surface area contributed by atoms with Crippen LogP contribution in [0.15, 0.2) is 18.2 Å². The summed E-state index contributed by atoms with van der Waals surface area (Å²) in [7, 11) is 0. The number of carbonyl (C=O) groups is 1. The number of amides is 1. The van der Waals surface area contributed by atoms with Gasteiger partial charge in [-0.05, 0) is 56.9 Å². The SMILES string of the molecule is O=C1CCC[C@H]2C[C@H](NCc3ccc(F)cc3F)CC[C@]23CCCN13. The Morgan fingerprint density at radius 1 is 1.20 bits per heavy atom. The second-order valence-corrected chi connectivity index (χ2v) is 7.93. The van der Waals surface area contributed by atoms with E-state index in [-0.39, 0.29) is 5.54 Å². The predicted octanol–water partition coefficient (Wildman–Crippen LogP) is 3.77. The van der Waals surface area contributed by atoms with Crippen LogP contribution in [0, 0.1) is 17.6 Å². The van der Waals surface area contributed by atoms with Crippen molar-refractivity contribution in [2.75, 3.05) is 6.54 Å². The van der Waals surface area contributed by atoms with E-state index < -0.39 is 11.6 Å². The van der Waals surface area contributed by atoms with Gasteiger partial charge < -0.3 is 10.2 Å². The van der Waals surface area contributed by atoms with Crippen LogP contribution in [0.3, 0.4) is 0 Å². The summed E-state index contributed by atoms with van der Waals surface area (Å²) in [5.41, 5.74) is 0.604. The number of nitrogens with one attached hydrogen (secondary N) is 1. The highest BCUT2D eigenvalue weighted by atomic mass is 19.1. The zero-order valence-electron chi connectivity index (χ0n) is 14.6. The van der Waals surface area contributed by atoms with Crippen molar-refractivity contribution in [2.24, 2.45) is 5.92 Å². The second kappa shape index (κ2) is 6.67. The predicted molar refractivity (Wildman–Crippen MR) is 91.9 cm³/mol. The Balaban J connectivity index is 1.43. The molecular weight excluding hydrogens is 322 g/mol. The van der Waals surface area contributed by atoms with Gasteiger partial charge in [-0.1, -0.05) is 6.07 Å². The molecule has 0 unspecified atom stereocenters. The third-order valence-electron chi connectivity index (χ3n) is 6.62. The van der Waals surface area contributed by atoms with E-state index in [0.29, 0.717) is 36.4 Å². The van der Waals surface area contributed by atoms with Gasteiger partial charge >= 0.3 is 0 Å². The van der Waals surface area contributed by atoms with Crippen LogP contribution in [0.1, 0.15) is 56.9 Å². The minimum absolute atomic E-state index is 0.0902. The summed E-state index contributed by atoms with van der Waals surface area (Å²) in [6, 6.07) is 4.12. The number of hydrogen-bond donors (Lipinski definition) is 1. The van der Waals surface area contributed by atoms with E-state index in [1.54, 1.807) is 0 Å². The molecule has 1 aromatic rings. The van der Waals surface area contributed by atoms with Crippen LogP contribution in [-0.4, -0.2) is 28.9 Å². The first kappa shape index (κ1) is 17.0. The number of rotatable bonds is 3. The Hall–Kier alpha value is -1.49. The Morgan fingerprint density at radius 2 is 2.08 bits per heavy atom. The van der Waals surface area contributed by atoms with Gasteiger partial charge in [-0.15, -0.1) is 0 Å². The van der Waals surface area contributed by atoms with Crippen molar-refractivity contribution in [2.45, 2.75) is 69.5 Å². The Labute approximate surface area is 147 Å². The monoisotopic (exact) mass is 348 g/mol. The molecule has 1 saturated carbocycles. The molecule has 4 rings (SSSR count). The van der Waals surface area contributed by atoms with Crippen molar-refractivity contribution in [1.29, 1.82) is 0 Å². The maximum Gasteiger partial charge on any atom is 0.223 e. The fraction of sp³-hybridized carbons (Fsp3) is 0.650. The van der Waals surface area contributed by atoms with E-state index in [1.165, 1.54) is 12.1 Å². The first-order valence-electron chi connectivity index (χ1n) is 9.56. The molecule has 0 bridgehead atoms. The smallest absolute Gasteiger partial charge is 0.223 e. The van der Waals surface area contributed by atoms with Crippen molar-refractivity contribution in [3.63, 3.8) is 0 Å². The summed E-state index contributed by atoms with van der Waals surface area (Å²) in [6.07, 6.45) is 8.18. The van der Waals surface area contributed by atoms with Gasteiger partial charge in [-0.3, -0.25) is 4.79 Å². The molecule has 0 aromatic heterocycles. The zero-order chi connectivity index (χ0) is 17.4. The third kappa shape index (κ3) is 3.07. The molecule has 2 aliphatic heterocycles. The highest BCUT2D eigenvalue weighted by Crippen LogP contribution is 2.49. The average molecular weight is 348 g/mol. The first-order valence-corrected chi connectivity index (χ1v) is 9.56. The quantitative estimate of drug-likeness (QED) is 0.902. The van der Waals surface area contributed by atoms with Gasteiger partial charge in [-0.25, -0.2) is 8.78 Å². The van der Waals surface area contributed by atoms with Crippen LogP contribution in [-0.2, 0) is 11.3 Å². The van der Waals surface area contributed by atoms with E-state index in [9.17, 15) is 13.6 Å². The lowest BCUT2D eigenvalue weighted by Gasteiger charge is -2.48. The topological polar surface area (TPSA) is 32.3 Å². The molecule has 1 aromatic carbocycles. The molecule has 25 heavy (non-hydrogen) atoms. The number of carbonyl (C=O) groups excluding carboxylic acids is 1. The summed E-state index contributed by atoms with van der Waals surface area (Å²) < 4.78 is 26.9. The minimum atomic E-state index is -0.537. The van der Waals surface area contributed by atoms with E-state index in [1.807, 2.05) is 0 Å². The van der Waals surface area contributed by atoms with Gasteiger partial charge in [0.15, 0.2) is 0 Å². The molecule has 3 fully saturated rings. The van der Waals surface area contributed by atoms with Gasteiger partial charge in [0.1, 0.15) is 11.6 Å². The molecule has 2 heterocycles. The largest absolute Gasteiger partial charge is 0.337 e. The number of halogens is 2. The molecule has 2 saturated heterocycles. The Kier molecular flexibility index (Phi) is 4.52. The van der Waals surface area contributed by atoms with Crippen LogP contribution < -0.4 is 5.32 Å².